The van der Waals surface area contributed by atoms with Crippen molar-refractivity contribution in [3.8, 4) is 0 Å². The smallest absolute Gasteiger partial charge is 0.123 e. The van der Waals surface area contributed by atoms with Crippen LogP contribution in [0.15, 0.2) is 18.2 Å². The summed E-state index contributed by atoms with van der Waals surface area (Å²) in [5.41, 5.74) is 8.24. The molecule has 0 amide bonds. The summed E-state index contributed by atoms with van der Waals surface area (Å²) in [6.07, 6.45) is 4.88. The molecule has 16 heavy (non-hydrogen) atoms. The minimum Gasteiger partial charge on any atom is -0.382 e. The molecule has 3 heteroatoms. The Morgan fingerprint density at radius 1 is 1.25 bits per heavy atom. The van der Waals surface area contributed by atoms with E-state index in [1.165, 1.54) is 25.3 Å². The molecule has 1 aliphatic carbocycles. The number of fused-ring (bicyclic) bond motifs is 2. The van der Waals surface area contributed by atoms with Gasteiger partial charge in [0, 0.05) is 17.8 Å². The van der Waals surface area contributed by atoms with Crippen LogP contribution in [0.1, 0.15) is 37.3 Å². The normalized spacial score (nSPS) is 32.5. The highest BCUT2D eigenvalue weighted by molar-refractivity contribution is 5.56. The summed E-state index contributed by atoms with van der Waals surface area (Å²) in [5, 5.41) is 3.51. The Hall–Kier alpha value is -1.09. The lowest BCUT2D eigenvalue weighted by molar-refractivity contribution is 0.270. The van der Waals surface area contributed by atoms with Crippen molar-refractivity contribution in [3.63, 3.8) is 0 Å². The Morgan fingerprint density at radius 2 is 2.06 bits per heavy atom. The highest BCUT2D eigenvalue weighted by Crippen LogP contribution is 2.41. The van der Waals surface area contributed by atoms with Crippen molar-refractivity contribution in [1.82, 2.24) is 0 Å². The van der Waals surface area contributed by atoms with Gasteiger partial charge in [0.15, 0.2) is 0 Å². The van der Waals surface area contributed by atoms with Crippen LogP contribution in [0.5, 0.6) is 0 Å². The molecule has 3 N–H and O–H groups in total. The average Bonchev–Trinajstić information content (AvgIpc) is 2.31. The molecular formula is C13H17FN2. The van der Waals surface area contributed by atoms with Crippen molar-refractivity contribution in [1.29, 1.82) is 0 Å². The minimum absolute atomic E-state index is 0.00255. The first kappa shape index (κ1) is 10.1. The van der Waals surface area contributed by atoms with Gasteiger partial charge in [0.25, 0.3) is 0 Å². The number of anilines is 1. The van der Waals surface area contributed by atoms with Gasteiger partial charge in [0.2, 0.25) is 0 Å². The fraction of sp³-hybridized carbons (Fsp3) is 0.538. The summed E-state index contributed by atoms with van der Waals surface area (Å²) in [4.78, 5) is 0. The highest BCUT2D eigenvalue weighted by atomic mass is 19.1. The fourth-order valence-corrected chi connectivity index (χ4v) is 3.14. The van der Waals surface area contributed by atoms with E-state index in [0.717, 1.165) is 17.7 Å². The number of nitrogens with two attached hydrogens (primary N) is 1. The Bertz CT molecular complexity index is 405. The lowest BCUT2D eigenvalue weighted by Gasteiger charge is -2.42. The first-order chi connectivity index (χ1) is 7.75. The van der Waals surface area contributed by atoms with E-state index < -0.39 is 0 Å². The lowest BCUT2D eigenvalue weighted by atomic mass is 9.75. The van der Waals surface area contributed by atoms with Gasteiger partial charge in [0.05, 0.1) is 0 Å². The minimum atomic E-state index is -0.190. The van der Waals surface area contributed by atoms with Crippen molar-refractivity contribution in [2.24, 2.45) is 11.7 Å². The second-order valence-corrected chi connectivity index (χ2v) is 4.96. The van der Waals surface area contributed by atoms with Crippen molar-refractivity contribution in [3.05, 3.63) is 29.6 Å². The summed E-state index contributed by atoms with van der Waals surface area (Å²) < 4.78 is 13.2. The van der Waals surface area contributed by atoms with E-state index in [9.17, 15) is 4.39 Å². The van der Waals surface area contributed by atoms with E-state index in [2.05, 4.69) is 5.32 Å². The maximum Gasteiger partial charge on any atom is 0.123 e. The van der Waals surface area contributed by atoms with Crippen LogP contribution in [-0.4, -0.2) is 6.04 Å². The van der Waals surface area contributed by atoms with Gasteiger partial charge >= 0.3 is 0 Å². The van der Waals surface area contributed by atoms with Crippen molar-refractivity contribution < 1.29 is 4.39 Å². The summed E-state index contributed by atoms with van der Waals surface area (Å²) in [6.45, 7) is 0. The number of nitrogens with one attached hydrogen (secondary N) is 1. The molecular weight excluding hydrogens is 203 g/mol. The van der Waals surface area contributed by atoms with E-state index in [0.29, 0.717) is 12.0 Å². The van der Waals surface area contributed by atoms with E-state index in [1.54, 1.807) is 6.07 Å². The maximum atomic E-state index is 13.2. The van der Waals surface area contributed by atoms with Gasteiger partial charge in [-0.25, -0.2) is 4.39 Å². The summed E-state index contributed by atoms with van der Waals surface area (Å²) in [6, 6.07) is 5.38. The standard InChI is InChI=1S/C13H17FN2/c14-8-5-6-12-10(7-8)13(15)9-3-1-2-4-11(9)16-12/h5-7,9,11,13,16H,1-4,15H2. The Balaban J connectivity index is 2.00. The molecule has 3 unspecified atom stereocenters. The molecule has 3 atom stereocenters. The molecule has 0 saturated heterocycles. The molecule has 1 aromatic rings. The summed E-state index contributed by atoms with van der Waals surface area (Å²) in [7, 11) is 0. The molecule has 1 aromatic carbocycles. The SMILES string of the molecule is NC1c2cc(F)ccc2NC2CCCCC21. The topological polar surface area (TPSA) is 38.0 Å². The predicted octanol–water partition coefficient (Wildman–Crippen LogP) is 2.81. The zero-order valence-electron chi connectivity index (χ0n) is 9.25. The molecule has 0 bridgehead atoms. The van der Waals surface area contributed by atoms with Gasteiger partial charge in [-0.15, -0.1) is 0 Å². The molecule has 1 fully saturated rings. The van der Waals surface area contributed by atoms with Crippen LogP contribution in [0.3, 0.4) is 0 Å². The van der Waals surface area contributed by atoms with Gasteiger partial charge < -0.3 is 11.1 Å². The van der Waals surface area contributed by atoms with E-state index in [-0.39, 0.29) is 11.9 Å². The molecule has 86 valence electrons. The third-order valence-electron chi connectivity index (χ3n) is 3.99. The van der Waals surface area contributed by atoms with Crippen molar-refractivity contribution >= 4 is 5.69 Å². The van der Waals surface area contributed by atoms with Gasteiger partial charge in [-0.1, -0.05) is 12.8 Å². The van der Waals surface area contributed by atoms with Gasteiger partial charge in [-0.05, 0) is 42.5 Å². The maximum absolute atomic E-state index is 13.2. The van der Waals surface area contributed by atoms with Crippen LogP contribution in [0.4, 0.5) is 10.1 Å². The fourth-order valence-electron chi connectivity index (χ4n) is 3.14. The number of halogens is 1. The van der Waals surface area contributed by atoms with Crippen LogP contribution in [0.2, 0.25) is 0 Å². The number of benzene rings is 1. The number of hydrogen-bond donors (Lipinski definition) is 2. The zero-order valence-corrected chi connectivity index (χ0v) is 9.25. The van der Waals surface area contributed by atoms with Crippen LogP contribution < -0.4 is 11.1 Å². The monoisotopic (exact) mass is 220 g/mol. The lowest BCUT2D eigenvalue weighted by Crippen LogP contribution is -2.43. The molecule has 0 spiro atoms. The van der Waals surface area contributed by atoms with Crippen LogP contribution in [0, 0.1) is 11.7 Å². The van der Waals surface area contributed by atoms with Gasteiger partial charge in [-0.2, -0.15) is 0 Å². The molecule has 0 radical (unpaired) electrons. The third-order valence-corrected chi connectivity index (χ3v) is 3.99. The second kappa shape index (κ2) is 3.74. The molecule has 1 aliphatic heterocycles. The first-order valence-electron chi connectivity index (χ1n) is 6.07. The Labute approximate surface area is 95.0 Å². The van der Waals surface area contributed by atoms with Crippen LogP contribution in [-0.2, 0) is 0 Å². The van der Waals surface area contributed by atoms with E-state index in [1.807, 2.05) is 6.07 Å². The quantitative estimate of drug-likeness (QED) is 0.705. The van der Waals surface area contributed by atoms with E-state index >= 15 is 0 Å². The predicted molar refractivity (Wildman–Crippen MR) is 62.7 cm³/mol. The second-order valence-electron chi connectivity index (χ2n) is 4.96. The summed E-state index contributed by atoms with van der Waals surface area (Å²) in [5.74, 6) is 0.285. The molecule has 1 saturated carbocycles. The van der Waals surface area contributed by atoms with Crippen LogP contribution in [0.25, 0.3) is 0 Å². The summed E-state index contributed by atoms with van der Waals surface area (Å²) >= 11 is 0. The average molecular weight is 220 g/mol. The van der Waals surface area contributed by atoms with Crippen molar-refractivity contribution in [2.45, 2.75) is 37.8 Å². The zero-order chi connectivity index (χ0) is 11.1. The van der Waals surface area contributed by atoms with Gasteiger partial charge in [-0.3, -0.25) is 0 Å². The number of hydrogen-bond acceptors (Lipinski definition) is 2. The molecule has 2 nitrogen and oxygen atoms in total. The largest absolute Gasteiger partial charge is 0.382 e. The third kappa shape index (κ3) is 1.50. The molecule has 3 rings (SSSR count). The van der Waals surface area contributed by atoms with Crippen molar-refractivity contribution in [2.75, 3.05) is 5.32 Å². The molecule has 0 aromatic heterocycles. The molecule has 1 heterocycles. The Morgan fingerprint density at radius 3 is 2.94 bits per heavy atom. The van der Waals surface area contributed by atoms with Gasteiger partial charge in [0.1, 0.15) is 5.82 Å². The number of rotatable bonds is 0. The molecule has 2 aliphatic rings. The Kier molecular flexibility index (Phi) is 2.36. The first-order valence-corrected chi connectivity index (χ1v) is 6.07. The van der Waals surface area contributed by atoms with E-state index in [4.69, 9.17) is 5.73 Å². The highest BCUT2D eigenvalue weighted by Gasteiger charge is 2.35. The van der Waals surface area contributed by atoms with Crippen LogP contribution >= 0.6 is 0 Å².